The Bertz CT molecular complexity index is 1230. The van der Waals surface area contributed by atoms with Crippen LogP contribution in [0.1, 0.15) is 53.1 Å². The van der Waals surface area contributed by atoms with Gasteiger partial charge in [0.05, 0.1) is 18.8 Å². The third kappa shape index (κ3) is 3.01. The van der Waals surface area contributed by atoms with Gasteiger partial charge < -0.3 is 9.26 Å². The second-order valence-corrected chi connectivity index (χ2v) is 7.80. The molecule has 0 aliphatic carbocycles. The van der Waals surface area contributed by atoms with E-state index in [4.69, 9.17) is 9.26 Å². The second-order valence-electron chi connectivity index (χ2n) is 7.80. The van der Waals surface area contributed by atoms with Gasteiger partial charge in [-0.25, -0.2) is 0 Å². The van der Waals surface area contributed by atoms with E-state index < -0.39 is 0 Å². The summed E-state index contributed by atoms with van der Waals surface area (Å²) in [6.45, 7) is 4.16. The molecule has 31 heavy (non-hydrogen) atoms. The molecule has 2 aromatic heterocycles. The molecule has 1 aliphatic heterocycles. The van der Waals surface area contributed by atoms with Crippen LogP contribution in [0.15, 0.2) is 65.4 Å². The van der Waals surface area contributed by atoms with Crippen LogP contribution in [0.2, 0.25) is 0 Å². The Morgan fingerprint density at radius 3 is 2.55 bits per heavy atom. The van der Waals surface area contributed by atoms with Gasteiger partial charge in [0, 0.05) is 28.4 Å². The molecule has 2 aromatic carbocycles. The number of carbonyl (C=O) groups excluding carboxylic acids is 1. The van der Waals surface area contributed by atoms with Gasteiger partial charge in [-0.3, -0.25) is 14.8 Å². The van der Waals surface area contributed by atoms with Crippen molar-refractivity contribution in [3.63, 3.8) is 0 Å². The lowest BCUT2D eigenvalue weighted by atomic mass is 9.94. The number of carbonyl (C=O) groups is 1. The molecular formula is C24H22N4O3. The van der Waals surface area contributed by atoms with E-state index in [1.54, 1.807) is 18.1 Å². The predicted molar refractivity (Wildman–Crippen MR) is 116 cm³/mol. The van der Waals surface area contributed by atoms with Crippen molar-refractivity contribution in [3.8, 4) is 17.0 Å². The Morgan fingerprint density at radius 1 is 1.10 bits per heavy atom. The quantitative estimate of drug-likeness (QED) is 0.500. The van der Waals surface area contributed by atoms with Crippen molar-refractivity contribution in [1.82, 2.24) is 15.4 Å². The number of amides is 1. The van der Waals surface area contributed by atoms with E-state index >= 15 is 0 Å². The number of fused-ring (bicyclic) bond motifs is 1. The van der Waals surface area contributed by atoms with Gasteiger partial charge in [-0.1, -0.05) is 49.3 Å². The molecule has 0 radical (unpaired) electrons. The molecule has 0 saturated heterocycles. The molecule has 1 N–H and O–H groups in total. The van der Waals surface area contributed by atoms with Crippen molar-refractivity contribution in [2.75, 3.05) is 12.0 Å². The number of ether oxygens (including phenoxy) is 1. The normalized spacial score (nSPS) is 15.5. The van der Waals surface area contributed by atoms with Crippen molar-refractivity contribution in [3.05, 3.63) is 83.4 Å². The zero-order chi connectivity index (χ0) is 21.5. The summed E-state index contributed by atoms with van der Waals surface area (Å²) in [6.07, 6.45) is 1.54. The van der Waals surface area contributed by atoms with E-state index in [0.29, 0.717) is 5.69 Å². The molecule has 0 fully saturated rings. The highest BCUT2D eigenvalue weighted by atomic mass is 16.5. The van der Waals surface area contributed by atoms with Crippen molar-refractivity contribution >= 4 is 11.6 Å². The Morgan fingerprint density at radius 2 is 1.87 bits per heavy atom. The molecule has 5 rings (SSSR count). The van der Waals surface area contributed by atoms with Gasteiger partial charge in [0.1, 0.15) is 23.4 Å². The molecule has 3 heterocycles. The fraction of sp³-hybridized carbons (Fsp3) is 0.208. The van der Waals surface area contributed by atoms with Gasteiger partial charge in [0.15, 0.2) is 0 Å². The zero-order valence-corrected chi connectivity index (χ0v) is 17.5. The van der Waals surface area contributed by atoms with Gasteiger partial charge in [-0.2, -0.15) is 5.10 Å². The van der Waals surface area contributed by atoms with Crippen LogP contribution in [-0.2, 0) is 0 Å². The number of methoxy groups -OCH3 is 1. The minimum atomic E-state index is -0.340. The van der Waals surface area contributed by atoms with Gasteiger partial charge >= 0.3 is 0 Å². The van der Waals surface area contributed by atoms with Crippen molar-refractivity contribution in [2.24, 2.45) is 0 Å². The first kappa shape index (κ1) is 19.1. The Balaban J connectivity index is 1.66. The molecule has 4 aromatic rings. The van der Waals surface area contributed by atoms with Crippen LogP contribution in [0.25, 0.3) is 11.3 Å². The smallest absolute Gasteiger partial charge is 0.277 e. The number of hydrogen-bond donors (Lipinski definition) is 1. The van der Waals surface area contributed by atoms with E-state index in [1.165, 1.54) is 6.26 Å². The first-order valence-corrected chi connectivity index (χ1v) is 10.2. The van der Waals surface area contributed by atoms with E-state index in [1.807, 2.05) is 48.5 Å². The predicted octanol–water partition coefficient (Wildman–Crippen LogP) is 4.95. The molecule has 0 saturated carbocycles. The first-order chi connectivity index (χ1) is 15.1. The topological polar surface area (TPSA) is 84.2 Å². The second kappa shape index (κ2) is 7.43. The van der Waals surface area contributed by atoms with Crippen LogP contribution < -0.4 is 9.64 Å². The Kier molecular flexibility index (Phi) is 4.58. The van der Waals surface area contributed by atoms with E-state index in [2.05, 4.69) is 29.2 Å². The number of hydrogen-bond acceptors (Lipinski definition) is 5. The number of rotatable bonds is 5. The Hall–Kier alpha value is -3.87. The monoisotopic (exact) mass is 414 g/mol. The molecule has 1 amide bonds. The average Bonchev–Trinajstić information content (AvgIpc) is 3.52. The maximum absolute atomic E-state index is 13.5. The highest BCUT2D eigenvalue weighted by Crippen LogP contribution is 2.46. The SMILES string of the molecule is COc1ccccc1C1c2c(C(C)C)n[nH]c2C(=O)N1c1ccc(-c2ccon2)cc1. The summed E-state index contributed by atoms with van der Waals surface area (Å²) in [5.41, 5.74) is 5.69. The van der Waals surface area contributed by atoms with E-state index in [0.717, 1.165) is 39.5 Å². The number of para-hydroxylation sites is 1. The first-order valence-electron chi connectivity index (χ1n) is 10.2. The molecule has 1 atom stereocenters. The van der Waals surface area contributed by atoms with Crippen LogP contribution in [0.3, 0.4) is 0 Å². The van der Waals surface area contributed by atoms with Gasteiger partial charge in [-0.05, 0) is 24.1 Å². The minimum Gasteiger partial charge on any atom is -0.496 e. The molecule has 156 valence electrons. The van der Waals surface area contributed by atoms with Crippen LogP contribution >= 0.6 is 0 Å². The fourth-order valence-corrected chi connectivity index (χ4v) is 4.22. The summed E-state index contributed by atoms with van der Waals surface area (Å²) in [4.78, 5) is 15.3. The Labute approximate surface area is 179 Å². The van der Waals surface area contributed by atoms with Gasteiger partial charge in [0.2, 0.25) is 0 Å². The molecule has 1 unspecified atom stereocenters. The van der Waals surface area contributed by atoms with Crippen LogP contribution in [0, 0.1) is 0 Å². The van der Waals surface area contributed by atoms with Crippen LogP contribution in [0.5, 0.6) is 5.75 Å². The lowest BCUT2D eigenvalue weighted by Gasteiger charge is -2.28. The highest BCUT2D eigenvalue weighted by molar-refractivity contribution is 6.11. The van der Waals surface area contributed by atoms with Crippen molar-refractivity contribution < 1.29 is 14.1 Å². The molecule has 0 spiro atoms. The standard InChI is InChI=1S/C24H22N4O3/c1-14(2)21-20-22(26-25-21)24(29)28(23(20)17-6-4-5-7-19(17)30-3)16-10-8-15(9-11-16)18-12-13-31-27-18/h4-14,23H,1-3H3,(H,25,26). The molecule has 7 nitrogen and oxygen atoms in total. The number of benzene rings is 2. The van der Waals surface area contributed by atoms with Gasteiger partial charge in [0.25, 0.3) is 5.91 Å². The fourth-order valence-electron chi connectivity index (χ4n) is 4.22. The summed E-state index contributed by atoms with van der Waals surface area (Å²) < 4.78 is 10.6. The number of aromatic nitrogens is 3. The highest BCUT2D eigenvalue weighted by Gasteiger charge is 2.44. The summed E-state index contributed by atoms with van der Waals surface area (Å²) in [5, 5.41) is 11.4. The molecule has 7 heteroatoms. The minimum absolute atomic E-state index is 0.112. The average molecular weight is 414 g/mol. The number of nitrogens with one attached hydrogen (secondary N) is 1. The lowest BCUT2D eigenvalue weighted by Crippen LogP contribution is -2.29. The maximum Gasteiger partial charge on any atom is 0.277 e. The molecule has 0 bridgehead atoms. The summed E-state index contributed by atoms with van der Waals surface area (Å²) in [5.74, 6) is 0.785. The van der Waals surface area contributed by atoms with Crippen LogP contribution in [0.4, 0.5) is 5.69 Å². The number of H-pyrrole nitrogens is 1. The molecule has 1 aliphatic rings. The molecular weight excluding hydrogens is 392 g/mol. The van der Waals surface area contributed by atoms with E-state index in [-0.39, 0.29) is 17.9 Å². The van der Waals surface area contributed by atoms with Crippen molar-refractivity contribution in [2.45, 2.75) is 25.8 Å². The van der Waals surface area contributed by atoms with Gasteiger partial charge in [-0.15, -0.1) is 0 Å². The third-order valence-electron chi connectivity index (χ3n) is 5.66. The third-order valence-corrected chi connectivity index (χ3v) is 5.66. The summed E-state index contributed by atoms with van der Waals surface area (Å²) in [7, 11) is 1.65. The zero-order valence-electron chi connectivity index (χ0n) is 17.5. The van der Waals surface area contributed by atoms with E-state index in [9.17, 15) is 4.79 Å². The number of nitrogens with zero attached hydrogens (tertiary/aromatic N) is 3. The summed E-state index contributed by atoms with van der Waals surface area (Å²) >= 11 is 0. The maximum atomic E-state index is 13.5. The van der Waals surface area contributed by atoms with Crippen molar-refractivity contribution in [1.29, 1.82) is 0 Å². The lowest BCUT2D eigenvalue weighted by molar-refractivity contribution is 0.0988. The number of anilines is 1. The summed E-state index contributed by atoms with van der Waals surface area (Å²) in [6, 6.07) is 17.0. The largest absolute Gasteiger partial charge is 0.496 e. The van der Waals surface area contributed by atoms with Crippen LogP contribution in [-0.4, -0.2) is 28.4 Å². The number of aromatic amines is 1.